The number of carbonyl (C=O) groups excluding carboxylic acids is 1. The molecule has 4 aromatic carbocycles. The summed E-state index contributed by atoms with van der Waals surface area (Å²) >= 11 is 0. The third-order valence-corrected chi connectivity index (χ3v) is 7.77. The van der Waals surface area contributed by atoms with Gasteiger partial charge in [-0.15, -0.1) is 0 Å². The predicted octanol–water partition coefficient (Wildman–Crippen LogP) is 6.83. The van der Waals surface area contributed by atoms with Gasteiger partial charge < -0.3 is 19.7 Å². The minimum atomic E-state index is -4.14. The van der Waals surface area contributed by atoms with Crippen LogP contribution in [-0.4, -0.2) is 40.3 Å². The zero-order chi connectivity index (χ0) is 31.0. The number of ether oxygens (including phenoxy) is 2. The number of anilines is 2. The number of methoxy groups -OCH3 is 1. The number of carbonyl (C=O) groups is 1. The van der Waals surface area contributed by atoms with Crippen LogP contribution in [0.25, 0.3) is 11.1 Å². The summed E-state index contributed by atoms with van der Waals surface area (Å²) in [6.45, 7) is 6.65. The lowest BCUT2D eigenvalue weighted by molar-refractivity contribution is 0.0529. The largest absolute Gasteiger partial charge is 0.495 e. The summed E-state index contributed by atoms with van der Waals surface area (Å²) in [5.74, 6) is -0.334. The van der Waals surface area contributed by atoms with Crippen molar-refractivity contribution in [2.45, 2.75) is 37.8 Å². The van der Waals surface area contributed by atoms with E-state index in [1.165, 1.54) is 25.3 Å². The highest BCUT2D eigenvalue weighted by Crippen LogP contribution is 2.33. The maximum absolute atomic E-state index is 14.5. The third-order valence-electron chi connectivity index (χ3n) is 6.37. The molecule has 0 unspecified atom stereocenters. The van der Waals surface area contributed by atoms with Gasteiger partial charge in [0.2, 0.25) is 0 Å². The topological polar surface area (TPSA) is 97.0 Å². The molecular weight excluding hydrogens is 569 g/mol. The van der Waals surface area contributed by atoms with E-state index in [0.717, 1.165) is 11.3 Å². The van der Waals surface area contributed by atoms with Crippen molar-refractivity contribution in [2.24, 2.45) is 0 Å². The summed E-state index contributed by atoms with van der Waals surface area (Å²) in [7, 11) is -2.76. The van der Waals surface area contributed by atoms with Gasteiger partial charge in [-0.05, 0) is 68.3 Å². The van der Waals surface area contributed by atoms with E-state index in [1.54, 1.807) is 63.2 Å². The highest BCUT2D eigenvalue weighted by atomic mass is 32.2. The Labute approximate surface area is 252 Å². The van der Waals surface area contributed by atoms with Crippen LogP contribution in [0.4, 0.5) is 20.6 Å². The highest BCUT2D eigenvalue weighted by Gasteiger charge is 2.22. The second kappa shape index (κ2) is 13.6. The van der Waals surface area contributed by atoms with Crippen LogP contribution in [0.5, 0.6) is 5.75 Å². The van der Waals surface area contributed by atoms with Crippen molar-refractivity contribution in [3.8, 4) is 16.9 Å². The SMILES string of the molecule is COc1ccc(-c2ccccc2F)cc1S(=O)(=O)Nc1cccc(N(CCNC(=O)OC(C)(C)C)Cc2ccccc2)c1. The van der Waals surface area contributed by atoms with Crippen LogP contribution in [-0.2, 0) is 21.3 Å². The number of hydrogen-bond acceptors (Lipinski definition) is 6. The number of nitrogens with zero attached hydrogens (tertiary/aromatic N) is 1. The van der Waals surface area contributed by atoms with E-state index in [-0.39, 0.29) is 16.2 Å². The third kappa shape index (κ3) is 8.71. The molecule has 0 atom stereocenters. The molecule has 226 valence electrons. The maximum Gasteiger partial charge on any atom is 0.407 e. The van der Waals surface area contributed by atoms with Crippen molar-refractivity contribution in [3.05, 3.63) is 108 Å². The lowest BCUT2D eigenvalue weighted by atomic mass is 10.1. The molecule has 0 aliphatic rings. The molecule has 2 N–H and O–H groups in total. The molecule has 43 heavy (non-hydrogen) atoms. The smallest absolute Gasteiger partial charge is 0.407 e. The zero-order valence-electron chi connectivity index (χ0n) is 24.6. The quantitative estimate of drug-likeness (QED) is 0.195. The van der Waals surface area contributed by atoms with Crippen LogP contribution in [0.15, 0.2) is 102 Å². The Kier molecular flexibility index (Phi) is 9.92. The van der Waals surface area contributed by atoms with E-state index < -0.39 is 27.5 Å². The molecule has 0 saturated heterocycles. The molecular formula is C33H36FN3O5S. The number of halogens is 1. The Hall–Kier alpha value is -4.57. The summed E-state index contributed by atoms with van der Waals surface area (Å²) < 4.78 is 55.1. The number of nitrogens with one attached hydrogen (secondary N) is 2. The summed E-state index contributed by atoms with van der Waals surface area (Å²) in [5.41, 5.74) is 2.17. The molecule has 0 heterocycles. The van der Waals surface area contributed by atoms with Crippen LogP contribution < -0.4 is 19.7 Å². The Balaban J connectivity index is 1.59. The maximum atomic E-state index is 14.5. The lowest BCUT2D eigenvalue weighted by Gasteiger charge is -2.26. The first-order chi connectivity index (χ1) is 20.4. The fourth-order valence-electron chi connectivity index (χ4n) is 4.44. The molecule has 0 spiro atoms. The first-order valence-corrected chi connectivity index (χ1v) is 15.2. The van der Waals surface area contributed by atoms with Gasteiger partial charge in [0.05, 0.1) is 12.8 Å². The first kappa shape index (κ1) is 31.4. The van der Waals surface area contributed by atoms with E-state index in [4.69, 9.17) is 9.47 Å². The van der Waals surface area contributed by atoms with Gasteiger partial charge in [-0.1, -0.05) is 60.7 Å². The summed E-state index contributed by atoms with van der Waals surface area (Å²) in [5, 5.41) is 2.78. The highest BCUT2D eigenvalue weighted by molar-refractivity contribution is 7.92. The number of benzene rings is 4. The number of rotatable bonds is 11. The fourth-order valence-corrected chi connectivity index (χ4v) is 5.68. The molecule has 1 amide bonds. The fraction of sp³-hybridized carbons (Fsp3) is 0.242. The number of sulfonamides is 1. The molecule has 0 bridgehead atoms. The summed E-state index contributed by atoms with van der Waals surface area (Å²) in [6, 6.07) is 27.5. The summed E-state index contributed by atoms with van der Waals surface area (Å²) in [4.78, 5) is 14.1. The number of alkyl carbamates (subject to hydrolysis) is 1. The molecule has 4 aromatic rings. The van der Waals surface area contributed by atoms with Crippen molar-refractivity contribution in [1.29, 1.82) is 0 Å². The van der Waals surface area contributed by atoms with Gasteiger partial charge >= 0.3 is 6.09 Å². The molecule has 4 rings (SSSR count). The van der Waals surface area contributed by atoms with E-state index in [0.29, 0.717) is 30.9 Å². The van der Waals surface area contributed by atoms with E-state index in [9.17, 15) is 17.6 Å². The molecule has 0 radical (unpaired) electrons. The Bertz CT molecular complexity index is 1660. The standard InChI is InChI=1S/C33H36FN3O5S/c1-33(2,3)42-32(38)35-19-20-37(23-24-11-6-5-7-12-24)27-14-10-13-26(22-27)36-43(39,40)31-21-25(17-18-30(31)41-4)28-15-8-9-16-29(28)34/h5-18,21-22,36H,19-20,23H2,1-4H3,(H,35,38). The van der Waals surface area contributed by atoms with Crippen molar-refractivity contribution >= 4 is 27.5 Å². The second-order valence-corrected chi connectivity index (χ2v) is 12.5. The van der Waals surface area contributed by atoms with Crippen molar-refractivity contribution in [3.63, 3.8) is 0 Å². The van der Waals surface area contributed by atoms with Gasteiger partial charge in [0.15, 0.2) is 0 Å². The van der Waals surface area contributed by atoms with Crippen LogP contribution in [0.3, 0.4) is 0 Å². The Morgan fingerprint density at radius 1 is 0.907 bits per heavy atom. The normalized spacial score (nSPS) is 11.5. The predicted molar refractivity (Wildman–Crippen MR) is 167 cm³/mol. The number of amides is 1. The monoisotopic (exact) mass is 605 g/mol. The van der Waals surface area contributed by atoms with Gasteiger partial charge in [0.25, 0.3) is 10.0 Å². The second-order valence-electron chi connectivity index (χ2n) is 10.8. The Morgan fingerprint density at radius 3 is 2.33 bits per heavy atom. The van der Waals surface area contributed by atoms with E-state index >= 15 is 0 Å². The summed E-state index contributed by atoms with van der Waals surface area (Å²) in [6.07, 6.45) is -0.514. The average molecular weight is 606 g/mol. The van der Waals surface area contributed by atoms with E-state index in [2.05, 4.69) is 10.0 Å². The molecule has 0 saturated carbocycles. The van der Waals surface area contributed by atoms with Crippen LogP contribution >= 0.6 is 0 Å². The zero-order valence-corrected chi connectivity index (χ0v) is 25.5. The average Bonchev–Trinajstić information content (AvgIpc) is 2.96. The molecule has 0 aliphatic carbocycles. The van der Waals surface area contributed by atoms with Gasteiger partial charge in [0, 0.05) is 30.9 Å². The lowest BCUT2D eigenvalue weighted by Crippen LogP contribution is -2.38. The van der Waals surface area contributed by atoms with Crippen molar-refractivity contribution < 1.29 is 27.1 Å². The Morgan fingerprint density at radius 2 is 1.63 bits per heavy atom. The van der Waals surface area contributed by atoms with Crippen molar-refractivity contribution in [2.75, 3.05) is 29.8 Å². The van der Waals surface area contributed by atoms with Gasteiger partial charge in [0.1, 0.15) is 22.1 Å². The minimum Gasteiger partial charge on any atom is -0.495 e. The van der Waals surface area contributed by atoms with Crippen LogP contribution in [0, 0.1) is 5.82 Å². The van der Waals surface area contributed by atoms with Gasteiger partial charge in [-0.25, -0.2) is 17.6 Å². The molecule has 8 nitrogen and oxygen atoms in total. The molecule has 10 heteroatoms. The van der Waals surface area contributed by atoms with Gasteiger partial charge in [-0.2, -0.15) is 0 Å². The van der Waals surface area contributed by atoms with Gasteiger partial charge in [-0.3, -0.25) is 4.72 Å². The molecule has 0 aliphatic heterocycles. The molecule has 0 aromatic heterocycles. The van der Waals surface area contributed by atoms with E-state index in [1.807, 2.05) is 41.3 Å². The van der Waals surface area contributed by atoms with Crippen LogP contribution in [0.2, 0.25) is 0 Å². The molecule has 0 fully saturated rings. The van der Waals surface area contributed by atoms with Crippen LogP contribution in [0.1, 0.15) is 26.3 Å². The number of hydrogen-bond donors (Lipinski definition) is 2. The van der Waals surface area contributed by atoms with Crippen molar-refractivity contribution in [1.82, 2.24) is 5.32 Å². The first-order valence-electron chi connectivity index (χ1n) is 13.8. The minimum absolute atomic E-state index is 0.121.